The number of hydrogen-bond donors (Lipinski definition) is 5. The molecule has 12 heteroatoms. The molecular formula is C28H31N5O7. The largest absolute Gasteiger partial charge is 0.493 e. The molecular weight excluding hydrogens is 518 g/mol. The zero-order valence-electron chi connectivity index (χ0n) is 22.3. The molecule has 0 aliphatic heterocycles. The van der Waals surface area contributed by atoms with Gasteiger partial charge >= 0.3 is 12.0 Å². The highest BCUT2D eigenvalue weighted by Gasteiger charge is 2.20. The number of benzene rings is 2. The van der Waals surface area contributed by atoms with Crippen molar-refractivity contribution in [1.29, 1.82) is 0 Å². The first kappa shape index (κ1) is 29.4. The molecule has 12 nitrogen and oxygen atoms in total. The van der Waals surface area contributed by atoms with E-state index in [0.717, 1.165) is 5.56 Å². The second kappa shape index (κ2) is 14.1. The summed E-state index contributed by atoms with van der Waals surface area (Å²) in [7, 11) is 2.93. The number of amides is 4. The van der Waals surface area contributed by atoms with Crippen molar-refractivity contribution in [2.45, 2.75) is 32.2 Å². The normalized spacial score (nSPS) is 11.1. The molecule has 0 aliphatic rings. The third-order valence-corrected chi connectivity index (χ3v) is 5.79. The van der Waals surface area contributed by atoms with E-state index in [1.54, 1.807) is 30.3 Å². The van der Waals surface area contributed by atoms with Crippen LogP contribution in [0.25, 0.3) is 0 Å². The highest BCUT2D eigenvalue weighted by atomic mass is 16.5. The van der Waals surface area contributed by atoms with E-state index < -0.39 is 29.9 Å². The molecule has 0 fully saturated rings. The number of carboxylic acids is 1. The number of urea groups is 1. The number of carbonyl (C=O) groups excluding carboxylic acids is 3. The van der Waals surface area contributed by atoms with Gasteiger partial charge in [0, 0.05) is 18.5 Å². The Balaban J connectivity index is 1.50. The van der Waals surface area contributed by atoms with Gasteiger partial charge in [0.05, 0.1) is 38.6 Å². The molecule has 0 saturated carbocycles. The summed E-state index contributed by atoms with van der Waals surface area (Å²) in [5.41, 5.74) is 2.53. The maximum absolute atomic E-state index is 12.5. The molecule has 210 valence electrons. The van der Waals surface area contributed by atoms with Crippen LogP contribution in [0.4, 0.5) is 22.0 Å². The molecule has 4 amide bonds. The second-order valence-electron chi connectivity index (χ2n) is 8.71. The molecule has 3 rings (SSSR count). The molecule has 0 bridgehead atoms. The Morgan fingerprint density at radius 2 is 1.60 bits per heavy atom. The van der Waals surface area contributed by atoms with Gasteiger partial charge in [-0.2, -0.15) is 0 Å². The minimum Gasteiger partial charge on any atom is -0.493 e. The Morgan fingerprint density at radius 1 is 0.875 bits per heavy atom. The zero-order chi connectivity index (χ0) is 29.1. The number of nitrogens with zero attached hydrogens (tertiary/aromatic N) is 1. The van der Waals surface area contributed by atoms with Crippen molar-refractivity contribution in [2.75, 3.05) is 30.2 Å². The monoisotopic (exact) mass is 549 g/mol. The third kappa shape index (κ3) is 8.72. The molecule has 40 heavy (non-hydrogen) atoms. The van der Waals surface area contributed by atoms with Crippen molar-refractivity contribution in [3.8, 4) is 11.5 Å². The lowest BCUT2D eigenvalue weighted by Gasteiger charge is -2.19. The topological polar surface area (TPSA) is 168 Å². The highest BCUT2D eigenvalue weighted by molar-refractivity contribution is 6.00. The number of ether oxygens (including phenoxy) is 2. The van der Waals surface area contributed by atoms with Crippen LogP contribution in [-0.2, 0) is 14.4 Å². The maximum Gasteiger partial charge on any atom is 0.323 e. The first-order chi connectivity index (χ1) is 19.2. The minimum atomic E-state index is -1.10. The lowest BCUT2D eigenvalue weighted by Crippen LogP contribution is -2.31. The van der Waals surface area contributed by atoms with E-state index in [4.69, 9.17) is 9.47 Å². The number of carbonyl (C=O) groups is 4. The molecule has 3 aromatic rings. The summed E-state index contributed by atoms with van der Waals surface area (Å²) in [4.78, 5) is 52.6. The Labute approximate surface area is 231 Å². The number of aromatic nitrogens is 1. The van der Waals surface area contributed by atoms with E-state index in [9.17, 15) is 24.3 Å². The van der Waals surface area contributed by atoms with E-state index in [0.29, 0.717) is 28.4 Å². The fraction of sp³-hybridized carbons (Fsp3) is 0.250. The van der Waals surface area contributed by atoms with E-state index in [1.165, 1.54) is 26.5 Å². The van der Waals surface area contributed by atoms with Crippen molar-refractivity contribution in [1.82, 2.24) is 10.3 Å². The number of methoxy groups -OCH3 is 2. The summed E-state index contributed by atoms with van der Waals surface area (Å²) in [6, 6.07) is 14.0. The Kier molecular flexibility index (Phi) is 10.4. The fourth-order valence-electron chi connectivity index (χ4n) is 3.73. The zero-order valence-corrected chi connectivity index (χ0v) is 22.3. The van der Waals surface area contributed by atoms with Crippen molar-refractivity contribution in [2.24, 2.45) is 0 Å². The van der Waals surface area contributed by atoms with Crippen LogP contribution in [0.3, 0.4) is 0 Å². The molecule has 0 spiro atoms. The van der Waals surface area contributed by atoms with E-state index in [-0.39, 0.29) is 25.1 Å². The number of aliphatic carboxylic acids is 1. The first-order valence-electron chi connectivity index (χ1n) is 12.3. The van der Waals surface area contributed by atoms with Crippen LogP contribution in [-0.4, -0.2) is 48.1 Å². The maximum atomic E-state index is 12.5. The van der Waals surface area contributed by atoms with Crippen molar-refractivity contribution in [3.05, 3.63) is 71.9 Å². The lowest BCUT2D eigenvalue weighted by molar-refractivity contribution is -0.138. The number of hydrogen-bond acceptors (Lipinski definition) is 7. The number of aryl methyl sites for hydroxylation is 1. The number of nitrogens with one attached hydrogen (secondary N) is 4. The predicted octanol–water partition coefficient (Wildman–Crippen LogP) is 4.10. The average molecular weight is 550 g/mol. The number of carboxylic acid groups (broad SMARTS) is 1. The molecule has 0 unspecified atom stereocenters. The van der Waals surface area contributed by atoms with Gasteiger partial charge in [0.25, 0.3) is 0 Å². The summed E-state index contributed by atoms with van der Waals surface area (Å²) >= 11 is 0. The predicted molar refractivity (Wildman–Crippen MR) is 149 cm³/mol. The van der Waals surface area contributed by atoms with Gasteiger partial charge in [0.1, 0.15) is 5.82 Å². The number of para-hydroxylation sites is 1. The van der Waals surface area contributed by atoms with Gasteiger partial charge in [-0.1, -0.05) is 24.3 Å². The van der Waals surface area contributed by atoms with Crippen LogP contribution in [0.15, 0.2) is 60.8 Å². The van der Waals surface area contributed by atoms with Gasteiger partial charge in [0.15, 0.2) is 11.5 Å². The van der Waals surface area contributed by atoms with E-state index in [1.807, 2.05) is 25.1 Å². The fourth-order valence-corrected chi connectivity index (χ4v) is 3.73. The quantitative estimate of drug-likeness (QED) is 0.225. The van der Waals surface area contributed by atoms with Gasteiger partial charge in [-0.05, 0) is 48.4 Å². The lowest BCUT2D eigenvalue weighted by atomic mass is 10.0. The smallest absolute Gasteiger partial charge is 0.323 e. The number of rotatable bonds is 12. The first-order valence-corrected chi connectivity index (χ1v) is 12.3. The Morgan fingerprint density at radius 3 is 2.25 bits per heavy atom. The number of pyridine rings is 1. The summed E-state index contributed by atoms with van der Waals surface area (Å²) in [5, 5.41) is 20.0. The van der Waals surface area contributed by atoms with Crippen molar-refractivity contribution >= 4 is 41.0 Å². The molecule has 5 N–H and O–H groups in total. The summed E-state index contributed by atoms with van der Waals surface area (Å²) in [5.74, 6) is -0.959. The van der Waals surface area contributed by atoms with Gasteiger partial charge in [-0.25, -0.2) is 9.78 Å². The molecule has 1 atom stereocenters. The summed E-state index contributed by atoms with van der Waals surface area (Å²) in [6.07, 6.45) is 0.701. The highest BCUT2D eigenvalue weighted by Crippen LogP contribution is 2.31. The molecule has 2 aromatic carbocycles. The van der Waals surface area contributed by atoms with Crippen LogP contribution in [0.2, 0.25) is 0 Å². The van der Waals surface area contributed by atoms with Crippen LogP contribution >= 0.6 is 0 Å². The average Bonchev–Trinajstić information content (AvgIpc) is 2.93. The molecule has 0 radical (unpaired) electrons. The van der Waals surface area contributed by atoms with E-state index >= 15 is 0 Å². The van der Waals surface area contributed by atoms with Crippen LogP contribution in [0.1, 0.15) is 36.4 Å². The van der Waals surface area contributed by atoms with Gasteiger partial charge in [-0.15, -0.1) is 0 Å². The van der Waals surface area contributed by atoms with E-state index in [2.05, 4.69) is 26.3 Å². The van der Waals surface area contributed by atoms with Crippen molar-refractivity contribution < 1.29 is 33.8 Å². The van der Waals surface area contributed by atoms with Crippen LogP contribution < -0.4 is 30.7 Å². The van der Waals surface area contributed by atoms with Crippen LogP contribution in [0.5, 0.6) is 11.5 Å². The third-order valence-electron chi connectivity index (χ3n) is 5.79. The summed E-state index contributed by atoms with van der Waals surface area (Å²) in [6.45, 7) is 1.88. The Hall–Kier alpha value is -5.13. The van der Waals surface area contributed by atoms with Crippen LogP contribution in [0, 0.1) is 6.92 Å². The molecule has 0 aliphatic carbocycles. The summed E-state index contributed by atoms with van der Waals surface area (Å²) < 4.78 is 10.5. The second-order valence-corrected chi connectivity index (χ2v) is 8.71. The van der Waals surface area contributed by atoms with Gasteiger partial charge in [0.2, 0.25) is 11.8 Å². The minimum absolute atomic E-state index is 0.155. The number of anilines is 3. The molecule has 0 saturated heterocycles. The SMILES string of the molecule is COc1ccc([C@H](CC(=O)O)NC(=O)CCC(=O)Nc2ccc(NC(=O)Nc3ccccc3C)cn2)cc1OC. The standard InChI is InChI=1S/C28H31N5O7/c1-17-6-4-5-7-20(17)32-28(38)30-19-9-11-24(29-16-19)33-26(35)13-12-25(34)31-21(15-27(36)37)18-8-10-22(39-2)23(14-18)40-3/h4-11,14,16,21H,12-13,15H2,1-3H3,(H,31,34)(H,36,37)(H,29,33,35)(H2,30,32,38)/t21-/m0/s1. The van der Waals surface area contributed by atoms with Crippen molar-refractivity contribution in [3.63, 3.8) is 0 Å². The molecule has 1 heterocycles. The molecule has 1 aromatic heterocycles. The van der Waals surface area contributed by atoms with Gasteiger partial charge in [-0.3, -0.25) is 14.4 Å². The van der Waals surface area contributed by atoms with Gasteiger partial charge < -0.3 is 35.8 Å². The Bertz CT molecular complexity index is 1360.